The monoisotopic (exact) mass is 409 g/mol. The summed E-state index contributed by atoms with van der Waals surface area (Å²) in [7, 11) is 1.94. The third-order valence-corrected chi connectivity index (χ3v) is 5.25. The predicted octanol–water partition coefficient (Wildman–Crippen LogP) is 3.53. The van der Waals surface area contributed by atoms with Crippen molar-refractivity contribution in [2.45, 2.75) is 33.6 Å². The van der Waals surface area contributed by atoms with Crippen molar-refractivity contribution in [2.75, 3.05) is 0 Å². The number of H-pyrrole nitrogens is 1. The number of aromatic amines is 1. The van der Waals surface area contributed by atoms with Gasteiger partial charge in [-0.1, -0.05) is 6.92 Å². The molecule has 0 atom stereocenters. The molecule has 0 fully saturated rings. The molecule has 0 radical (unpaired) electrons. The Morgan fingerprint density at radius 3 is 2.47 bits per heavy atom. The van der Waals surface area contributed by atoms with Gasteiger partial charge in [0.15, 0.2) is 18.7 Å². The highest BCUT2D eigenvalue weighted by molar-refractivity contribution is 5.61. The van der Waals surface area contributed by atoms with E-state index in [0.717, 1.165) is 34.6 Å². The molecule has 0 aliphatic rings. The van der Waals surface area contributed by atoms with Gasteiger partial charge in [0.25, 0.3) is 0 Å². The SMILES string of the molecule is CCc1c(Cc2cc(-n3nc(C)c(F)c3C)ncn2)[nH][n+](C)c1-c1ccc(F)cc1. The molecule has 154 valence electrons. The zero-order valence-electron chi connectivity index (χ0n) is 17.4. The first-order chi connectivity index (χ1) is 14.4. The molecule has 0 aliphatic carbocycles. The number of hydrogen-bond acceptors (Lipinski definition) is 3. The summed E-state index contributed by atoms with van der Waals surface area (Å²) in [6.45, 7) is 5.39. The second-order valence-electron chi connectivity index (χ2n) is 7.28. The van der Waals surface area contributed by atoms with Gasteiger partial charge in [-0.3, -0.25) is 0 Å². The Labute approximate surface area is 173 Å². The van der Waals surface area contributed by atoms with E-state index in [9.17, 15) is 8.78 Å². The highest BCUT2D eigenvalue weighted by Gasteiger charge is 2.24. The minimum atomic E-state index is -0.330. The molecule has 6 nitrogen and oxygen atoms in total. The first kappa shape index (κ1) is 19.9. The van der Waals surface area contributed by atoms with E-state index < -0.39 is 0 Å². The minimum absolute atomic E-state index is 0.260. The fraction of sp³-hybridized carbons (Fsp3) is 0.273. The molecule has 0 saturated heterocycles. The Kier molecular flexibility index (Phi) is 5.15. The Hall–Kier alpha value is -3.42. The molecule has 8 heteroatoms. The molecular formula is C22H23F2N6+. The molecule has 1 N–H and O–H groups in total. The lowest BCUT2D eigenvalue weighted by Crippen LogP contribution is -2.32. The van der Waals surface area contributed by atoms with Crippen molar-refractivity contribution in [1.82, 2.24) is 24.8 Å². The predicted molar refractivity (Wildman–Crippen MR) is 108 cm³/mol. The molecule has 4 aromatic rings. The lowest BCUT2D eigenvalue weighted by Gasteiger charge is -2.05. The summed E-state index contributed by atoms with van der Waals surface area (Å²) < 4.78 is 30.8. The van der Waals surface area contributed by atoms with Gasteiger partial charge in [0.05, 0.1) is 28.3 Å². The zero-order valence-corrected chi connectivity index (χ0v) is 17.4. The molecule has 3 aromatic heterocycles. The molecule has 1 aromatic carbocycles. The van der Waals surface area contributed by atoms with E-state index in [1.54, 1.807) is 26.0 Å². The molecule has 0 amide bonds. The van der Waals surface area contributed by atoms with E-state index in [1.807, 2.05) is 17.8 Å². The Morgan fingerprint density at radius 1 is 1.10 bits per heavy atom. The van der Waals surface area contributed by atoms with E-state index in [2.05, 4.69) is 27.1 Å². The summed E-state index contributed by atoms with van der Waals surface area (Å²) >= 11 is 0. The number of nitrogens with zero attached hydrogens (tertiary/aromatic N) is 5. The largest absolute Gasteiger partial charge is 0.241 e. The van der Waals surface area contributed by atoms with Crippen LogP contribution in [0.4, 0.5) is 8.78 Å². The number of rotatable bonds is 5. The molecule has 30 heavy (non-hydrogen) atoms. The van der Waals surface area contributed by atoms with E-state index in [-0.39, 0.29) is 11.6 Å². The standard InChI is InChI=1S/C22H22F2N6/c1-5-18-19(28-29(4)22(18)15-6-8-16(23)9-7-15)10-17-11-20(26-12-25-17)30-14(3)21(24)13(2)27-30/h6-9,11-12H,5,10H2,1-4H3/p+1. The molecule has 0 spiro atoms. The van der Waals surface area contributed by atoms with Crippen molar-refractivity contribution in [1.29, 1.82) is 0 Å². The van der Waals surface area contributed by atoms with E-state index in [0.29, 0.717) is 23.6 Å². The smallest absolute Gasteiger partial charge is 0.241 e. The van der Waals surface area contributed by atoms with Crippen LogP contribution in [0.15, 0.2) is 36.7 Å². The Morgan fingerprint density at radius 2 is 1.83 bits per heavy atom. The number of aryl methyl sites for hydroxylation is 2. The third kappa shape index (κ3) is 3.49. The fourth-order valence-corrected chi connectivity index (χ4v) is 3.80. The minimum Gasteiger partial charge on any atom is -0.241 e. The van der Waals surface area contributed by atoms with Crippen LogP contribution in [0.1, 0.15) is 35.3 Å². The van der Waals surface area contributed by atoms with Crippen molar-refractivity contribution in [3.8, 4) is 17.1 Å². The number of benzene rings is 1. The third-order valence-electron chi connectivity index (χ3n) is 5.25. The topological polar surface area (TPSA) is 63.3 Å². The zero-order chi connectivity index (χ0) is 21.4. The van der Waals surface area contributed by atoms with Crippen molar-refractivity contribution < 1.29 is 13.5 Å². The normalized spacial score (nSPS) is 11.3. The van der Waals surface area contributed by atoms with Gasteiger partial charge in [0.1, 0.15) is 12.1 Å². The second kappa shape index (κ2) is 7.78. The number of hydrogen-bond donors (Lipinski definition) is 1. The lowest BCUT2D eigenvalue weighted by atomic mass is 10.0. The molecular weight excluding hydrogens is 386 g/mol. The van der Waals surface area contributed by atoms with E-state index in [1.165, 1.54) is 23.1 Å². The van der Waals surface area contributed by atoms with Crippen LogP contribution in [-0.2, 0) is 19.9 Å². The second-order valence-corrected chi connectivity index (χ2v) is 7.28. The molecule has 3 heterocycles. The van der Waals surface area contributed by atoms with Crippen LogP contribution < -0.4 is 4.68 Å². The average Bonchev–Trinajstić information content (AvgIpc) is 3.19. The van der Waals surface area contributed by atoms with Gasteiger partial charge >= 0.3 is 0 Å². The van der Waals surface area contributed by atoms with Crippen LogP contribution in [0.2, 0.25) is 0 Å². The van der Waals surface area contributed by atoms with Gasteiger partial charge < -0.3 is 0 Å². The molecule has 0 saturated carbocycles. The quantitative estimate of drug-likeness (QED) is 0.513. The van der Waals surface area contributed by atoms with Crippen molar-refractivity contribution in [2.24, 2.45) is 7.05 Å². The summed E-state index contributed by atoms with van der Waals surface area (Å²) in [5.74, 6) is -0.0645. The van der Waals surface area contributed by atoms with Crippen LogP contribution in [-0.4, -0.2) is 24.8 Å². The fourth-order valence-electron chi connectivity index (χ4n) is 3.80. The van der Waals surface area contributed by atoms with Crippen molar-refractivity contribution >= 4 is 0 Å². The van der Waals surface area contributed by atoms with Gasteiger partial charge in [-0.2, -0.15) is 10.2 Å². The highest BCUT2D eigenvalue weighted by atomic mass is 19.1. The summed E-state index contributed by atoms with van der Waals surface area (Å²) in [6, 6.07) is 8.30. The van der Waals surface area contributed by atoms with Crippen LogP contribution in [0.5, 0.6) is 0 Å². The summed E-state index contributed by atoms with van der Waals surface area (Å²) in [5.41, 5.74) is 5.65. The number of aromatic nitrogens is 6. The number of halogens is 2. The Bertz CT molecular complexity index is 1210. The van der Waals surface area contributed by atoms with Gasteiger partial charge in [0, 0.05) is 18.1 Å². The molecule has 0 aliphatic heterocycles. The highest BCUT2D eigenvalue weighted by Crippen LogP contribution is 2.25. The molecule has 0 bridgehead atoms. The molecule has 4 rings (SSSR count). The van der Waals surface area contributed by atoms with Crippen LogP contribution in [0.3, 0.4) is 0 Å². The maximum Gasteiger partial charge on any atom is 0.241 e. The average molecular weight is 409 g/mol. The number of nitrogens with one attached hydrogen (secondary N) is 1. The van der Waals surface area contributed by atoms with Gasteiger partial charge in [-0.05, 0) is 44.5 Å². The van der Waals surface area contributed by atoms with Crippen LogP contribution in [0.25, 0.3) is 17.1 Å². The van der Waals surface area contributed by atoms with Crippen molar-refractivity contribution in [3.05, 3.63) is 76.6 Å². The summed E-state index contributed by atoms with van der Waals surface area (Å²) in [4.78, 5) is 8.65. The van der Waals surface area contributed by atoms with E-state index in [4.69, 9.17) is 0 Å². The Balaban J connectivity index is 1.71. The maximum absolute atomic E-state index is 14.1. The first-order valence-corrected chi connectivity index (χ1v) is 9.77. The van der Waals surface area contributed by atoms with Crippen molar-refractivity contribution in [3.63, 3.8) is 0 Å². The summed E-state index contributed by atoms with van der Waals surface area (Å²) in [6.07, 6.45) is 2.82. The maximum atomic E-state index is 14.1. The lowest BCUT2D eigenvalue weighted by molar-refractivity contribution is -0.717. The van der Waals surface area contributed by atoms with Gasteiger partial charge in [-0.25, -0.2) is 23.4 Å². The van der Waals surface area contributed by atoms with E-state index >= 15 is 0 Å². The van der Waals surface area contributed by atoms with Gasteiger partial charge in [-0.15, -0.1) is 4.68 Å². The van der Waals surface area contributed by atoms with Gasteiger partial charge in [0.2, 0.25) is 5.69 Å². The van der Waals surface area contributed by atoms with Crippen LogP contribution in [0, 0.1) is 25.5 Å². The first-order valence-electron chi connectivity index (χ1n) is 9.77. The van der Waals surface area contributed by atoms with Crippen LogP contribution >= 0.6 is 0 Å². The molecule has 0 unspecified atom stereocenters. The summed E-state index contributed by atoms with van der Waals surface area (Å²) in [5, 5.41) is 7.63.